The van der Waals surface area contributed by atoms with E-state index in [2.05, 4.69) is 25.5 Å². The van der Waals surface area contributed by atoms with E-state index in [0.29, 0.717) is 11.5 Å². The molecule has 0 spiro atoms. The van der Waals surface area contributed by atoms with Gasteiger partial charge in [0.05, 0.1) is 11.8 Å². The zero-order chi connectivity index (χ0) is 17.6. The van der Waals surface area contributed by atoms with Crippen molar-refractivity contribution in [2.24, 2.45) is 0 Å². The molecule has 0 saturated carbocycles. The van der Waals surface area contributed by atoms with E-state index in [1.54, 1.807) is 31.5 Å². The van der Waals surface area contributed by atoms with Crippen molar-refractivity contribution in [3.63, 3.8) is 0 Å². The first-order chi connectivity index (χ1) is 12.1. The molecule has 2 amide bonds. The smallest absolute Gasteiger partial charge is 0.255 e. The summed E-state index contributed by atoms with van der Waals surface area (Å²) in [5.74, 6) is 0.201. The van der Waals surface area contributed by atoms with Gasteiger partial charge in [0.2, 0.25) is 11.9 Å². The number of hydrogen-bond acceptors (Lipinski definition) is 6. The molecule has 1 aliphatic rings. The second-order valence-corrected chi connectivity index (χ2v) is 6.03. The topological polar surface area (TPSA) is 100 Å². The van der Waals surface area contributed by atoms with Gasteiger partial charge in [-0.25, -0.2) is 9.97 Å². The van der Waals surface area contributed by atoms with Crippen LogP contribution in [0.1, 0.15) is 30.1 Å². The van der Waals surface area contributed by atoms with E-state index in [0.717, 1.165) is 25.9 Å². The molecule has 2 N–H and O–H groups in total. The van der Waals surface area contributed by atoms with Gasteiger partial charge in [-0.3, -0.25) is 9.59 Å². The number of amides is 2. The summed E-state index contributed by atoms with van der Waals surface area (Å²) in [6, 6.07) is 2.82. The first-order valence-electron chi connectivity index (χ1n) is 8.29. The molecule has 1 unspecified atom stereocenters. The van der Waals surface area contributed by atoms with E-state index < -0.39 is 6.04 Å². The van der Waals surface area contributed by atoms with Crippen LogP contribution < -0.4 is 15.5 Å². The summed E-state index contributed by atoms with van der Waals surface area (Å²) in [6.07, 6.45) is 7.84. The Bertz CT molecular complexity index is 696. The van der Waals surface area contributed by atoms with Gasteiger partial charge < -0.3 is 20.0 Å². The molecule has 3 heterocycles. The molecule has 8 heteroatoms. The highest BCUT2D eigenvalue weighted by molar-refractivity contribution is 5.97. The van der Waals surface area contributed by atoms with Gasteiger partial charge in [0.15, 0.2) is 0 Å². The molecule has 2 aromatic rings. The van der Waals surface area contributed by atoms with E-state index in [1.807, 2.05) is 0 Å². The molecule has 1 saturated heterocycles. The van der Waals surface area contributed by atoms with Gasteiger partial charge in [-0.05, 0) is 31.9 Å². The average Bonchev–Trinajstić information content (AvgIpc) is 3.18. The fraction of sp³-hybridized carbons (Fsp3) is 0.412. The maximum Gasteiger partial charge on any atom is 0.255 e. The Kier molecular flexibility index (Phi) is 5.27. The fourth-order valence-electron chi connectivity index (χ4n) is 2.74. The van der Waals surface area contributed by atoms with Crippen molar-refractivity contribution in [1.29, 1.82) is 0 Å². The maximum absolute atomic E-state index is 12.3. The molecular formula is C17H21N5O3. The monoisotopic (exact) mass is 343 g/mol. The Morgan fingerprint density at radius 1 is 1.28 bits per heavy atom. The summed E-state index contributed by atoms with van der Waals surface area (Å²) in [4.78, 5) is 34.8. The van der Waals surface area contributed by atoms with E-state index in [9.17, 15) is 9.59 Å². The highest BCUT2D eigenvalue weighted by Gasteiger charge is 2.24. The number of rotatable bonds is 5. The Morgan fingerprint density at radius 2 is 2.00 bits per heavy atom. The Morgan fingerprint density at radius 3 is 2.64 bits per heavy atom. The molecule has 2 aromatic heterocycles. The minimum atomic E-state index is -0.613. The fourth-order valence-corrected chi connectivity index (χ4v) is 2.74. The van der Waals surface area contributed by atoms with Crippen LogP contribution in [0.25, 0.3) is 0 Å². The molecule has 0 aliphatic carbocycles. The summed E-state index contributed by atoms with van der Waals surface area (Å²) in [6.45, 7) is 3.23. The molecule has 8 nitrogen and oxygen atoms in total. The molecule has 0 aromatic carbocycles. The lowest BCUT2D eigenvalue weighted by atomic mass is 10.0. The molecular weight excluding hydrogens is 322 g/mol. The Labute approximate surface area is 145 Å². The molecule has 25 heavy (non-hydrogen) atoms. The van der Waals surface area contributed by atoms with Crippen molar-refractivity contribution >= 4 is 17.8 Å². The number of furan rings is 1. The number of aromatic nitrogens is 2. The van der Waals surface area contributed by atoms with Gasteiger partial charge >= 0.3 is 0 Å². The minimum absolute atomic E-state index is 0.0840. The quantitative estimate of drug-likeness (QED) is 0.839. The molecule has 1 fully saturated rings. The predicted octanol–water partition coefficient (Wildman–Crippen LogP) is 0.973. The number of anilines is 1. The zero-order valence-electron chi connectivity index (χ0n) is 14.0. The summed E-state index contributed by atoms with van der Waals surface area (Å²) < 4.78 is 4.87. The van der Waals surface area contributed by atoms with Crippen molar-refractivity contribution in [2.75, 3.05) is 18.0 Å². The van der Waals surface area contributed by atoms with Crippen molar-refractivity contribution in [1.82, 2.24) is 20.6 Å². The summed E-state index contributed by atoms with van der Waals surface area (Å²) in [7, 11) is 0. The van der Waals surface area contributed by atoms with E-state index in [-0.39, 0.29) is 17.9 Å². The van der Waals surface area contributed by atoms with Crippen molar-refractivity contribution in [3.8, 4) is 0 Å². The number of carbonyl (C=O) groups excluding carboxylic acids is 2. The predicted molar refractivity (Wildman–Crippen MR) is 91.0 cm³/mol. The number of nitrogens with zero attached hydrogens (tertiary/aromatic N) is 3. The van der Waals surface area contributed by atoms with Crippen LogP contribution in [0, 0.1) is 0 Å². The third-order valence-electron chi connectivity index (χ3n) is 4.20. The summed E-state index contributed by atoms with van der Waals surface area (Å²) >= 11 is 0. The van der Waals surface area contributed by atoms with Crippen LogP contribution in [-0.4, -0.2) is 47.0 Å². The molecule has 132 valence electrons. The Hall–Kier alpha value is -2.90. The van der Waals surface area contributed by atoms with Gasteiger partial charge in [-0.2, -0.15) is 0 Å². The first kappa shape index (κ1) is 16.9. The second kappa shape index (κ2) is 7.78. The molecule has 3 rings (SSSR count). The first-order valence-corrected chi connectivity index (χ1v) is 8.29. The van der Waals surface area contributed by atoms with Gasteiger partial charge in [-0.15, -0.1) is 0 Å². The highest BCUT2D eigenvalue weighted by Crippen LogP contribution is 2.15. The lowest BCUT2D eigenvalue weighted by molar-refractivity contribution is -0.123. The van der Waals surface area contributed by atoms with Crippen LogP contribution in [0.5, 0.6) is 0 Å². The molecule has 0 radical (unpaired) electrons. The van der Waals surface area contributed by atoms with E-state index >= 15 is 0 Å². The van der Waals surface area contributed by atoms with Crippen LogP contribution in [0.2, 0.25) is 0 Å². The minimum Gasteiger partial charge on any atom is -0.472 e. The van der Waals surface area contributed by atoms with E-state index in [4.69, 9.17) is 4.42 Å². The summed E-state index contributed by atoms with van der Waals surface area (Å²) in [5, 5.41) is 5.66. The summed E-state index contributed by atoms with van der Waals surface area (Å²) in [5.41, 5.74) is 0.399. The maximum atomic E-state index is 12.3. The Balaban J connectivity index is 1.45. The van der Waals surface area contributed by atoms with Gasteiger partial charge in [0, 0.05) is 31.5 Å². The van der Waals surface area contributed by atoms with Crippen molar-refractivity contribution in [2.45, 2.75) is 31.8 Å². The average molecular weight is 343 g/mol. The van der Waals surface area contributed by atoms with Gasteiger partial charge in [-0.1, -0.05) is 0 Å². The number of carbonyl (C=O) groups is 2. The van der Waals surface area contributed by atoms with Crippen LogP contribution in [0.15, 0.2) is 41.5 Å². The number of piperidine rings is 1. The molecule has 0 bridgehead atoms. The highest BCUT2D eigenvalue weighted by atomic mass is 16.3. The zero-order valence-corrected chi connectivity index (χ0v) is 14.0. The van der Waals surface area contributed by atoms with Gasteiger partial charge in [0.1, 0.15) is 12.3 Å². The normalized spacial score (nSPS) is 16.3. The largest absolute Gasteiger partial charge is 0.472 e. The number of hydrogen-bond donors (Lipinski definition) is 2. The molecule has 1 atom stereocenters. The third kappa shape index (κ3) is 4.34. The third-order valence-corrected chi connectivity index (χ3v) is 4.20. The van der Waals surface area contributed by atoms with E-state index in [1.165, 1.54) is 12.5 Å². The van der Waals surface area contributed by atoms with Crippen LogP contribution >= 0.6 is 0 Å². The number of nitrogens with one attached hydrogen (secondary N) is 2. The van der Waals surface area contributed by atoms with Gasteiger partial charge in [0.25, 0.3) is 5.91 Å². The van der Waals surface area contributed by atoms with Crippen molar-refractivity contribution < 1.29 is 14.0 Å². The second-order valence-electron chi connectivity index (χ2n) is 6.03. The van der Waals surface area contributed by atoms with Crippen LogP contribution in [0.4, 0.5) is 5.95 Å². The molecule has 1 aliphatic heterocycles. The lowest BCUT2D eigenvalue weighted by Crippen LogP contribution is -2.51. The van der Waals surface area contributed by atoms with Crippen molar-refractivity contribution in [3.05, 3.63) is 42.6 Å². The lowest BCUT2D eigenvalue weighted by Gasteiger charge is -2.32. The standard InChI is InChI=1S/C17H21N5O3/c1-12(20-16(24)13-5-10-25-11-13)15(23)21-14-3-8-22(9-4-14)17-18-6-2-7-19-17/h2,5-7,10-12,14H,3-4,8-9H2,1H3,(H,20,24)(H,21,23). The van der Waals surface area contributed by atoms with Crippen LogP contribution in [-0.2, 0) is 4.79 Å². The SMILES string of the molecule is CC(NC(=O)c1ccoc1)C(=O)NC1CCN(c2ncccn2)CC1. The van der Waals surface area contributed by atoms with Crippen LogP contribution in [0.3, 0.4) is 0 Å².